The first kappa shape index (κ1) is 14.4. The van der Waals surface area contributed by atoms with Gasteiger partial charge in [0.1, 0.15) is 0 Å². The third-order valence-electron chi connectivity index (χ3n) is 6.51. The molecule has 0 aromatic heterocycles. The Bertz CT molecular complexity index is 277. The van der Waals surface area contributed by atoms with Crippen LogP contribution in [0.25, 0.3) is 0 Å². The van der Waals surface area contributed by atoms with Crippen molar-refractivity contribution in [1.82, 2.24) is 5.32 Å². The molecule has 18 heavy (non-hydrogen) atoms. The van der Waals surface area contributed by atoms with E-state index in [1.807, 2.05) is 0 Å². The summed E-state index contributed by atoms with van der Waals surface area (Å²) in [5.41, 5.74) is 1.09. The Balaban J connectivity index is 2.02. The molecule has 0 aromatic carbocycles. The highest BCUT2D eigenvalue weighted by Crippen LogP contribution is 2.65. The molecule has 1 nitrogen and oxygen atoms in total. The fraction of sp³-hybridized carbons (Fsp3) is 1.00. The molecule has 2 aliphatic carbocycles. The molecule has 2 fully saturated rings. The molecule has 2 rings (SSSR count). The highest BCUT2D eigenvalue weighted by Gasteiger charge is 2.61. The Hall–Kier alpha value is -0.0400. The van der Waals surface area contributed by atoms with Gasteiger partial charge in [0.15, 0.2) is 0 Å². The Morgan fingerprint density at radius 2 is 1.72 bits per heavy atom. The molecule has 0 radical (unpaired) electrons. The average molecular weight is 251 g/mol. The molecule has 3 atom stereocenters. The summed E-state index contributed by atoms with van der Waals surface area (Å²) in [7, 11) is 0. The first-order valence-electron chi connectivity index (χ1n) is 8.21. The van der Waals surface area contributed by atoms with Gasteiger partial charge in [0.25, 0.3) is 0 Å². The molecule has 1 heteroatoms. The fourth-order valence-electron chi connectivity index (χ4n) is 4.75. The number of fused-ring (bicyclic) bond motifs is 2. The minimum absolute atomic E-state index is 0.539. The molecule has 2 aliphatic rings. The zero-order chi connectivity index (χ0) is 13.4. The van der Waals surface area contributed by atoms with Gasteiger partial charge in [-0.3, -0.25) is 0 Å². The van der Waals surface area contributed by atoms with Crippen LogP contribution in [0.1, 0.15) is 79.6 Å². The smallest absolute Gasteiger partial charge is 0.0131 e. The van der Waals surface area contributed by atoms with Gasteiger partial charge >= 0.3 is 0 Å². The van der Waals surface area contributed by atoms with E-state index in [2.05, 4.69) is 39.9 Å². The van der Waals surface area contributed by atoms with Crippen molar-refractivity contribution in [2.24, 2.45) is 16.7 Å². The summed E-state index contributed by atoms with van der Waals surface area (Å²) in [5.74, 6) is 0.962. The van der Waals surface area contributed by atoms with Crippen molar-refractivity contribution in [2.45, 2.75) is 91.6 Å². The standard InChI is InChI=1S/C17H33N/c1-6-8-14(9-7-2)18-15-12-13-10-11-17(15,5)16(13,3)4/h13-15,18H,6-12H2,1-5H3. The number of hydrogen-bond donors (Lipinski definition) is 1. The van der Waals surface area contributed by atoms with Gasteiger partial charge in [0.05, 0.1) is 0 Å². The fourth-order valence-corrected chi connectivity index (χ4v) is 4.75. The van der Waals surface area contributed by atoms with Crippen LogP contribution in [0.15, 0.2) is 0 Å². The van der Waals surface area contributed by atoms with Crippen molar-refractivity contribution in [3.05, 3.63) is 0 Å². The van der Waals surface area contributed by atoms with E-state index in [1.54, 1.807) is 0 Å². The van der Waals surface area contributed by atoms with E-state index >= 15 is 0 Å². The van der Waals surface area contributed by atoms with Gasteiger partial charge in [-0.05, 0) is 48.9 Å². The van der Waals surface area contributed by atoms with E-state index in [0.717, 1.165) is 18.0 Å². The van der Waals surface area contributed by atoms with E-state index < -0.39 is 0 Å². The summed E-state index contributed by atoms with van der Waals surface area (Å²) in [6.45, 7) is 12.2. The number of nitrogens with one attached hydrogen (secondary N) is 1. The van der Waals surface area contributed by atoms with Gasteiger partial charge in [-0.25, -0.2) is 0 Å². The summed E-state index contributed by atoms with van der Waals surface area (Å²) in [6.07, 6.45) is 9.66. The first-order chi connectivity index (χ1) is 8.45. The van der Waals surface area contributed by atoms with Crippen molar-refractivity contribution in [3.8, 4) is 0 Å². The van der Waals surface area contributed by atoms with Gasteiger partial charge < -0.3 is 5.32 Å². The Kier molecular flexibility index (Phi) is 4.11. The molecule has 0 amide bonds. The molecule has 2 bridgehead atoms. The molecule has 0 spiro atoms. The lowest BCUT2D eigenvalue weighted by atomic mass is 9.69. The maximum Gasteiger partial charge on any atom is 0.0131 e. The van der Waals surface area contributed by atoms with Crippen LogP contribution in [-0.2, 0) is 0 Å². The van der Waals surface area contributed by atoms with Crippen molar-refractivity contribution >= 4 is 0 Å². The molecule has 2 saturated carbocycles. The molecule has 0 saturated heterocycles. The normalized spacial score (nSPS) is 37.7. The van der Waals surface area contributed by atoms with Gasteiger partial charge in [-0.2, -0.15) is 0 Å². The van der Waals surface area contributed by atoms with Crippen LogP contribution < -0.4 is 5.32 Å². The predicted molar refractivity (Wildman–Crippen MR) is 79.8 cm³/mol. The Morgan fingerprint density at radius 1 is 1.11 bits per heavy atom. The zero-order valence-corrected chi connectivity index (χ0v) is 13.2. The predicted octanol–water partition coefficient (Wildman–Crippen LogP) is 4.76. The molecule has 0 aliphatic heterocycles. The van der Waals surface area contributed by atoms with Crippen LogP contribution in [-0.4, -0.2) is 12.1 Å². The van der Waals surface area contributed by atoms with Crippen molar-refractivity contribution in [3.63, 3.8) is 0 Å². The summed E-state index contributed by atoms with van der Waals surface area (Å²) >= 11 is 0. The summed E-state index contributed by atoms with van der Waals surface area (Å²) in [6, 6.07) is 1.53. The van der Waals surface area contributed by atoms with Gasteiger partial charge in [-0.15, -0.1) is 0 Å². The first-order valence-corrected chi connectivity index (χ1v) is 8.21. The Morgan fingerprint density at radius 3 is 2.11 bits per heavy atom. The minimum atomic E-state index is 0.539. The largest absolute Gasteiger partial charge is 0.311 e. The lowest BCUT2D eigenvalue weighted by Crippen LogP contribution is -2.48. The second-order valence-electron chi connectivity index (χ2n) is 7.60. The molecule has 3 unspecified atom stereocenters. The van der Waals surface area contributed by atoms with E-state index in [9.17, 15) is 0 Å². The van der Waals surface area contributed by atoms with E-state index in [-0.39, 0.29) is 0 Å². The summed E-state index contributed by atoms with van der Waals surface area (Å²) in [4.78, 5) is 0. The van der Waals surface area contributed by atoms with Crippen LogP contribution in [0.4, 0.5) is 0 Å². The summed E-state index contributed by atoms with van der Waals surface area (Å²) in [5, 5.41) is 4.05. The molecular weight excluding hydrogens is 218 g/mol. The van der Waals surface area contributed by atoms with Crippen molar-refractivity contribution in [1.29, 1.82) is 0 Å². The van der Waals surface area contributed by atoms with Crippen LogP contribution in [0, 0.1) is 16.7 Å². The minimum Gasteiger partial charge on any atom is -0.311 e. The van der Waals surface area contributed by atoms with Crippen molar-refractivity contribution in [2.75, 3.05) is 0 Å². The second-order valence-corrected chi connectivity index (χ2v) is 7.60. The van der Waals surface area contributed by atoms with E-state index in [4.69, 9.17) is 0 Å². The van der Waals surface area contributed by atoms with Gasteiger partial charge in [0.2, 0.25) is 0 Å². The maximum atomic E-state index is 4.05. The highest BCUT2D eigenvalue weighted by atomic mass is 15.0. The highest BCUT2D eigenvalue weighted by molar-refractivity contribution is 5.13. The zero-order valence-electron chi connectivity index (χ0n) is 13.2. The lowest BCUT2D eigenvalue weighted by Gasteiger charge is -2.41. The van der Waals surface area contributed by atoms with Crippen LogP contribution in [0.3, 0.4) is 0 Å². The monoisotopic (exact) mass is 251 g/mol. The third kappa shape index (κ3) is 2.13. The molecule has 106 valence electrons. The van der Waals surface area contributed by atoms with Gasteiger partial charge in [-0.1, -0.05) is 47.5 Å². The Labute approximate surface area is 114 Å². The molecule has 1 N–H and O–H groups in total. The summed E-state index contributed by atoms with van der Waals surface area (Å²) < 4.78 is 0. The molecular formula is C17H33N. The molecule has 0 heterocycles. The van der Waals surface area contributed by atoms with E-state index in [1.165, 1.54) is 44.9 Å². The average Bonchev–Trinajstić information content (AvgIpc) is 2.63. The number of hydrogen-bond acceptors (Lipinski definition) is 1. The second kappa shape index (κ2) is 5.15. The van der Waals surface area contributed by atoms with Crippen LogP contribution in [0.5, 0.6) is 0 Å². The maximum absolute atomic E-state index is 4.05. The quantitative estimate of drug-likeness (QED) is 0.717. The topological polar surface area (TPSA) is 12.0 Å². The van der Waals surface area contributed by atoms with Crippen LogP contribution in [0.2, 0.25) is 0 Å². The SMILES string of the molecule is CCCC(CCC)NC1CC2CCC1(C)C2(C)C. The van der Waals surface area contributed by atoms with Gasteiger partial charge in [0, 0.05) is 12.1 Å². The molecule has 0 aromatic rings. The third-order valence-corrected chi connectivity index (χ3v) is 6.51. The number of rotatable bonds is 6. The van der Waals surface area contributed by atoms with Crippen LogP contribution >= 0.6 is 0 Å². The lowest BCUT2D eigenvalue weighted by molar-refractivity contribution is 0.113. The van der Waals surface area contributed by atoms with E-state index in [0.29, 0.717) is 10.8 Å². The van der Waals surface area contributed by atoms with Crippen molar-refractivity contribution < 1.29 is 0 Å².